The number of carboxylic acid groups (broad SMARTS) is 1. The van der Waals surface area contributed by atoms with E-state index in [-0.39, 0.29) is 17.1 Å². The van der Waals surface area contributed by atoms with E-state index >= 15 is 0 Å². The molecule has 10 heteroatoms. The summed E-state index contributed by atoms with van der Waals surface area (Å²) in [7, 11) is 0. The molecule has 0 amide bonds. The largest absolute Gasteiger partial charge is 0.480 e. The summed E-state index contributed by atoms with van der Waals surface area (Å²) in [6.07, 6.45) is 1.69. The van der Waals surface area contributed by atoms with Crippen molar-refractivity contribution in [3.8, 4) is 0 Å². The number of anilines is 1. The maximum absolute atomic E-state index is 11.0. The lowest BCUT2D eigenvalue weighted by Crippen LogP contribution is -2.36. The van der Waals surface area contributed by atoms with Crippen molar-refractivity contribution in [3.05, 3.63) is 38.4 Å². The average molecular weight is 340 g/mol. The third-order valence-corrected chi connectivity index (χ3v) is 3.37. The first-order valence-electron chi connectivity index (χ1n) is 7.49. The summed E-state index contributed by atoms with van der Waals surface area (Å²) in [5, 5.41) is 36.4. The third kappa shape index (κ3) is 5.80. The van der Waals surface area contributed by atoms with Crippen molar-refractivity contribution in [2.75, 3.05) is 18.4 Å². The number of hydrogen-bond acceptors (Lipinski definition) is 7. The van der Waals surface area contributed by atoms with Crippen LogP contribution in [0.15, 0.2) is 18.2 Å². The Morgan fingerprint density at radius 1 is 1.25 bits per heavy atom. The predicted molar refractivity (Wildman–Crippen MR) is 87.2 cm³/mol. The number of hydrogen-bond donors (Lipinski definition) is 3. The van der Waals surface area contributed by atoms with Gasteiger partial charge in [0.25, 0.3) is 11.4 Å². The highest BCUT2D eigenvalue weighted by Gasteiger charge is 2.19. The van der Waals surface area contributed by atoms with Crippen LogP contribution in [0.3, 0.4) is 0 Å². The molecule has 0 fully saturated rings. The Hall–Kier alpha value is -2.75. The van der Waals surface area contributed by atoms with E-state index in [2.05, 4.69) is 10.6 Å². The molecule has 1 atom stereocenters. The fourth-order valence-corrected chi connectivity index (χ4v) is 2.19. The molecule has 1 aromatic rings. The molecule has 0 saturated carbocycles. The third-order valence-electron chi connectivity index (χ3n) is 3.37. The number of carbonyl (C=O) groups is 1. The number of nitro groups is 2. The Kier molecular flexibility index (Phi) is 7.56. The zero-order chi connectivity index (χ0) is 18.1. The van der Waals surface area contributed by atoms with Crippen LogP contribution in [0, 0.1) is 20.2 Å². The van der Waals surface area contributed by atoms with Crippen molar-refractivity contribution in [2.24, 2.45) is 0 Å². The Bertz CT molecular complexity index is 607. The summed E-state index contributed by atoms with van der Waals surface area (Å²) in [5.74, 6) is -0.907. The Labute approximate surface area is 138 Å². The van der Waals surface area contributed by atoms with Crippen LogP contribution in [0.5, 0.6) is 0 Å². The average Bonchev–Trinajstić information content (AvgIpc) is 2.53. The molecule has 0 radical (unpaired) electrons. The number of benzene rings is 1. The highest BCUT2D eigenvalue weighted by atomic mass is 16.6. The van der Waals surface area contributed by atoms with Gasteiger partial charge in [-0.15, -0.1) is 0 Å². The minimum atomic E-state index is -0.907. The van der Waals surface area contributed by atoms with Crippen LogP contribution in [-0.2, 0) is 4.79 Å². The van der Waals surface area contributed by atoms with Crippen molar-refractivity contribution in [2.45, 2.75) is 32.2 Å². The van der Waals surface area contributed by atoms with Crippen molar-refractivity contribution >= 4 is 23.0 Å². The second-order valence-electron chi connectivity index (χ2n) is 5.09. The van der Waals surface area contributed by atoms with Crippen LogP contribution in [0.1, 0.15) is 26.2 Å². The van der Waals surface area contributed by atoms with Crippen LogP contribution in [0.2, 0.25) is 0 Å². The molecule has 0 spiro atoms. The molecule has 0 aliphatic rings. The molecule has 0 aliphatic carbocycles. The first-order valence-corrected chi connectivity index (χ1v) is 7.49. The highest BCUT2D eigenvalue weighted by molar-refractivity contribution is 5.73. The molecule has 10 nitrogen and oxygen atoms in total. The van der Waals surface area contributed by atoms with Crippen molar-refractivity contribution in [1.82, 2.24) is 5.32 Å². The predicted octanol–water partition coefficient (Wildman–Crippen LogP) is 2.15. The van der Waals surface area contributed by atoms with Gasteiger partial charge in [-0.2, -0.15) is 0 Å². The maximum Gasteiger partial charge on any atom is 0.320 e. The SMILES string of the molecule is CCNC(CCCCNc1ccc([N+](=O)[O-])cc1[N+](=O)[O-])C(=O)O. The molecule has 0 aliphatic heterocycles. The van der Waals surface area contributed by atoms with Gasteiger partial charge in [-0.1, -0.05) is 6.92 Å². The molecule has 0 bridgehead atoms. The maximum atomic E-state index is 11.0. The Morgan fingerprint density at radius 3 is 2.50 bits per heavy atom. The normalized spacial score (nSPS) is 11.7. The number of nitrogens with zero attached hydrogens (tertiary/aromatic N) is 2. The van der Waals surface area contributed by atoms with Gasteiger partial charge in [-0.3, -0.25) is 25.0 Å². The summed E-state index contributed by atoms with van der Waals surface area (Å²) >= 11 is 0. The number of nitrogens with one attached hydrogen (secondary N) is 2. The minimum absolute atomic E-state index is 0.201. The summed E-state index contributed by atoms with van der Waals surface area (Å²) in [6, 6.07) is 2.80. The molecule has 3 N–H and O–H groups in total. The van der Waals surface area contributed by atoms with Gasteiger partial charge in [0.2, 0.25) is 0 Å². The van der Waals surface area contributed by atoms with Crippen LogP contribution >= 0.6 is 0 Å². The lowest BCUT2D eigenvalue weighted by atomic mass is 10.1. The van der Waals surface area contributed by atoms with E-state index < -0.39 is 21.9 Å². The van der Waals surface area contributed by atoms with Gasteiger partial charge < -0.3 is 15.7 Å². The minimum Gasteiger partial charge on any atom is -0.480 e. The van der Waals surface area contributed by atoms with Gasteiger partial charge in [0.1, 0.15) is 11.7 Å². The van der Waals surface area contributed by atoms with E-state index in [1.165, 1.54) is 12.1 Å². The van der Waals surface area contributed by atoms with Gasteiger partial charge in [-0.25, -0.2) is 0 Å². The second-order valence-corrected chi connectivity index (χ2v) is 5.09. The monoisotopic (exact) mass is 340 g/mol. The van der Waals surface area contributed by atoms with E-state index in [1.807, 2.05) is 6.92 Å². The first-order chi connectivity index (χ1) is 11.4. The lowest BCUT2D eigenvalue weighted by Gasteiger charge is -2.13. The Balaban J connectivity index is 2.54. The number of non-ortho nitro benzene ring substituents is 1. The highest BCUT2D eigenvalue weighted by Crippen LogP contribution is 2.28. The molecule has 24 heavy (non-hydrogen) atoms. The summed E-state index contributed by atoms with van der Waals surface area (Å²) < 4.78 is 0. The van der Waals surface area contributed by atoms with Gasteiger partial charge >= 0.3 is 5.97 Å². The zero-order valence-corrected chi connectivity index (χ0v) is 13.2. The van der Waals surface area contributed by atoms with E-state index in [0.29, 0.717) is 32.4 Å². The van der Waals surface area contributed by atoms with Gasteiger partial charge in [-0.05, 0) is 31.9 Å². The summed E-state index contributed by atoms with van der Waals surface area (Å²) in [6.45, 7) is 2.78. The standard InChI is InChI=1S/C14H20N4O6/c1-2-15-12(14(19)20)5-3-4-8-16-11-7-6-10(17(21)22)9-13(11)18(23)24/h6-7,9,12,15-16H,2-5,8H2,1H3,(H,19,20). The first kappa shape index (κ1) is 19.3. The van der Waals surface area contributed by atoms with Gasteiger partial charge in [0.15, 0.2) is 0 Å². The molecule has 0 saturated heterocycles. The van der Waals surface area contributed by atoms with E-state index in [4.69, 9.17) is 5.11 Å². The van der Waals surface area contributed by atoms with Crippen LogP contribution in [-0.4, -0.2) is 40.1 Å². The fraction of sp³-hybridized carbons (Fsp3) is 0.500. The molecule has 0 heterocycles. The number of likely N-dealkylation sites (N-methyl/N-ethyl adjacent to an activating group) is 1. The molecular formula is C14H20N4O6. The molecule has 1 aromatic carbocycles. The van der Waals surface area contributed by atoms with Gasteiger partial charge in [0, 0.05) is 12.6 Å². The zero-order valence-electron chi connectivity index (χ0n) is 13.2. The van der Waals surface area contributed by atoms with Crippen molar-refractivity contribution in [3.63, 3.8) is 0 Å². The van der Waals surface area contributed by atoms with Crippen LogP contribution in [0.4, 0.5) is 17.1 Å². The van der Waals surface area contributed by atoms with Crippen molar-refractivity contribution < 1.29 is 19.7 Å². The van der Waals surface area contributed by atoms with E-state index in [0.717, 1.165) is 6.07 Å². The van der Waals surface area contributed by atoms with Crippen molar-refractivity contribution in [1.29, 1.82) is 0 Å². The Morgan fingerprint density at radius 2 is 1.96 bits per heavy atom. The quantitative estimate of drug-likeness (QED) is 0.315. The van der Waals surface area contributed by atoms with E-state index in [9.17, 15) is 25.0 Å². The number of aliphatic carboxylic acids is 1. The molecule has 1 rings (SSSR count). The number of rotatable bonds is 11. The molecule has 0 aromatic heterocycles. The fourth-order valence-electron chi connectivity index (χ4n) is 2.19. The number of carboxylic acids is 1. The smallest absolute Gasteiger partial charge is 0.320 e. The van der Waals surface area contributed by atoms with Crippen LogP contribution in [0.25, 0.3) is 0 Å². The lowest BCUT2D eigenvalue weighted by molar-refractivity contribution is -0.393. The molecular weight excluding hydrogens is 320 g/mol. The number of nitro benzene ring substituents is 2. The molecule has 1 unspecified atom stereocenters. The topological polar surface area (TPSA) is 148 Å². The van der Waals surface area contributed by atoms with E-state index in [1.54, 1.807) is 0 Å². The second kappa shape index (κ2) is 9.40. The summed E-state index contributed by atoms with van der Waals surface area (Å²) in [5.41, 5.74) is -0.505. The number of unbranched alkanes of at least 4 members (excludes halogenated alkanes) is 1. The van der Waals surface area contributed by atoms with Gasteiger partial charge in [0.05, 0.1) is 15.9 Å². The van der Waals surface area contributed by atoms with Crippen LogP contribution < -0.4 is 10.6 Å². The molecule has 132 valence electrons. The summed E-state index contributed by atoms with van der Waals surface area (Å²) in [4.78, 5) is 31.3.